The van der Waals surface area contributed by atoms with Crippen molar-refractivity contribution in [3.63, 3.8) is 0 Å². The van der Waals surface area contributed by atoms with E-state index in [1.807, 2.05) is 0 Å². The second kappa shape index (κ2) is 10.7. The van der Waals surface area contributed by atoms with Gasteiger partial charge in [0, 0.05) is 6.08 Å². The molecular weight excluding hydrogens is 222 g/mol. The second-order valence-electron chi connectivity index (χ2n) is 3.08. The first-order valence-corrected chi connectivity index (χ1v) is 5.05. The van der Waals surface area contributed by atoms with Crippen LogP contribution in [0.5, 0.6) is 0 Å². The Balaban J connectivity index is 5.25. The summed E-state index contributed by atoms with van der Waals surface area (Å²) in [6.45, 7) is 5.09. The molecule has 86 valence electrons. The summed E-state index contributed by atoms with van der Waals surface area (Å²) < 4.78 is 0. The van der Waals surface area contributed by atoms with E-state index in [0.717, 1.165) is 0 Å². The summed E-state index contributed by atoms with van der Waals surface area (Å²) in [5.41, 5.74) is 31.0. The summed E-state index contributed by atoms with van der Waals surface area (Å²) in [7, 11) is 0. The van der Waals surface area contributed by atoms with Gasteiger partial charge in [-0.3, -0.25) is 0 Å². The van der Waals surface area contributed by atoms with Gasteiger partial charge in [0.25, 0.3) is 0 Å². The third-order valence-corrected chi connectivity index (χ3v) is 1.50. The summed E-state index contributed by atoms with van der Waals surface area (Å²) in [5.74, 6) is 0. The number of aliphatic hydroxyl groups is 1. The highest BCUT2D eigenvalue weighted by Crippen LogP contribution is 1.86. The van der Waals surface area contributed by atoms with Crippen LogP contribution in [0.1, 0.15) is 6.92 Å². The van der Waals surface area contributed by atoms with Crippen LogP contribution in [0.3, 0.4) is 0 Å². The quantitative estimate of drug-likeness (QED) is 0.684. The highest BCUT2D eigenvalue weighted by molar-refractivity contribution is 4.94. The van der Waals surface area contributed by atoms with Gasteiger partial charge in [0.2, 0.25) is 0 Å². The molecule has 0 radical (unpaired) electrons. The molecular formula is C16H12NO+. The maximum absolute atomic E-state index is 9.33. The second-order valence-corrected chi connectivity index (χ2v) is 3.08. The fraction of sp³-hybridized carbons (Fsp3) is 0.188. The zero-order valence-corrected chi connectivity index (χ0v) is 10.1. The Morgan fingerprint density at radius 3 is 1.83 bits per heavy atom. The molecule has 0 aromatic rings. The van der Waals surface area contributed by atoms with Gasteiger partial charge < -0.3 is 10.8 Å². The minimum Gasteiger partial charge on any atom is -0.382 e. The molecule has 2 nitrogen and oxygen atoms in total. The lowest BCUT2D eigenvalue weighted by Crippen LogP contribution is -2.64. The van der Waals surface area contributed by atoms with Gasteiger partial charge in [-0.1, -0.05) is 11.5 Å². The first kappa shape index (κ1) is 15.2. The number of aliphatic hydroxyl groups excluding tert-OH is 1. The zero-order valence-electron chi connectivity index (χ0n) is 10.1. The maximum atomic E-state index is 9.33. The van der Waals surface area contributed by atoms with Gasteiger partial charge in [-0.15, -0.1) is 0 Å². The number of quaternary nitrogens is 1. The van der Waals surface area contributed by atoms with Crippen molar-refractivity contribution in [2.24, 2.45) is 0 Å². The molecule has 0 aromatic carbocycles. The molecule has 0 saturated heterocycles. The Morgan fingerprint density at radius 1 is 0.944 bits per heavy atom. The van der Waals surface area contributed by atoms with Gasteiger partial charge >= 0.3 is 0 Å². The lowest BCUT2D eigenvalue weighted by atomic mass is 10.2. The van der Waals surface area contributed by atoms with Crippen LogP contribution in [-0.4, -0.2) is 17.3 Å². The van der Waals surface area contributed by atoms with E-state index < -0.39 is 6.10 Å². The molecule has 18 heavy (non-hydrogen) atoms. The molecule has 0 aromatic heterocycles. The third-order valence-electron chi connectivity index (χ3n) is 1.50. The number of rotatable bonds is 2. The van der Waals surface area contributed by atoms with Gasteiger partial charge in [-0.05, 0) is 65.1 Å². The lowest BCUT2D eigenvalue weighted by Gasteiger charge is -2.02. The third kappa shape index (κ3) is 9.78. The van der Waals surface area contributed by atoms with Crippen molar-refractivity contribution in [3.05, 3.63) is 75.7 Å². The lowest BCUT2D eigenvalue weighted by molar-refractivity contribution is -0.427. The molecule has 0 rings (SSSR count). The molecule has 2 heteroatoms. The molecule has 0 heterocycles. The van der Waals surface area contributed by atoms with Crippen LogP contribution in [0.2, 0.25) is 0 Å². The average molecular weight is 234 g/mol. The average Bonchev–Trinajstić information content (AvgIpc) is 2.35. The minimum absolute atomic E-state index is 0.101. The Bertz CT molecular complexity index is 687. The predicted octanol–water partition coefficient (Wildman–Crippen LogP) is 0.870. The smallest absolute Gasteiger partial charge is 0.131 e. The highest BCUT2D eigenvalue weighted by Gasteiger charge is 2.06. The van der Waals surface area contributed by atoms with E-state index in [4.69, 9.17) is 0 Å². The molecule has 0 amide bonds. The van der Waals surface area contributed by atoms with Gasteiger partial charge in [-0.25, -0.2) is 0 Å². The summed E-state index contributed by atoms with van der Waals surface area (Å²) in [4.78, 5) is 0. The molecule has 4 N–H and O–H groups in total. The summed E-state index contributed by atoms with van der Waals surface area (Å²) in [6.07, 6.45) is 0.803. The van der Waals surface area contributed by atoms with Crippen molar-refractivity contribution in [2.45, 2.75) is 19.1 Å². The number of hydrogen-bond donors (Lipinski definition) is 2. The van der Waals surface area contributed by atoms with E-state index in [2.05, 4.69) is 75.4 Å². The highest BCUT2D eigenvalue weighted by atomic mass is 16.3. The summed E-state index contributed by atoms with van der Waals surface area (Å²) in [5, 5.41) is 9.33. The van der Waals surface area contributed by atoms with Crippen molar-refractivity contribution in [2.75, 3.05) is 0 Å². The van der Waals surface area contributed by atoms with Crippen LogP contribution in [0, 0.1) is 0 Å². The van der Waals surface area contributed by atoms with Crippen LogP contribution in [-0.2, 0) is 0 Å². The SMILES string of the molecule is C=C=C=C=C=C=C=C=C=C=C=C=C[C@H](O)[C@H](C)[NH3+]. The fourth-order valence-corrected chi connectivity index (χ4v) is 0.590. The van der Waals surface area contributed by atoms with Crippen molar-refractivity contribution in [1.82, 2.24) is 0 Å². The van der Waals surface area contributed by atoms with E-state index in [1.165, 1.54) is 6.08 Å². The standard InChI is InChI=1S/C16H11NO/c1-3-4-5-6-7-8-9-10-11-12-13-14-16(18)15(2)17/h14-16,18H,1,17H2,2H3/p+1/t15-,16-/m0/s1. The van der Waals surface area contributed by atoms with E-state index in [-0.39, 0.29) is 6.04 Å². The van der Waals surface area contributed by atoms with Gasteiger partial charge in [-0.2, -0.15) is 0 Å². The van der Waals surface area contributed by atoms with Crippen molar-refractivity contribution < 1.29 is 10.8 Å². The molecule has 0 spiro atoms. The molecule has 0 fully saturated rings. The molecule has 0 saturated carbocycles. The zero-order chi connectivity index (χ0) is 13.6. The van der Waals surface area contributed by atoms with Gasteiger partial charge in [0.15, 0.2) is 0 Å². The van der Waals surface area contributed by atoms with Crippen LogP contribution >= 0.6 is 0 Å². The Hall–Kier alpha value is -2.76. The van der Waals surface area contributed by atoms with E-state index in [9.17, 15) is 5.11 Å². The summed E-state index contributed by atoms with van der Waals surface area (Å²) in [6, 6.07) is -0.101. The monoisotopic (exact) mass is 234 g/mol. The minimum atomic E-state index is -0.642. The van der Waals surface area contributed by atoms with Crippen molar-refractivity contribution in [3.8, 4) is 0 Å². The molecule has 0 aliphatic carbocycles. The maximum Gasteiger partial charge on any atom is 0.131 e. The molecule has 0 bridgehead atoms. The van der Waals surface area contributed by atoms with Crippen LogP contribution < -0.4 is 5.73 Å². The Labute approximate surface area is 106 Å². The largest absolute Gasteiger partial charge is 0.382 e. The fourth-order valence-electron chi connectivity index (χ4n) is 0.590. The topological polar surface area (TPSA) is 47.9 Å². The van der Waals surface area contributed by atoms with Crippen LogP contribution in [0.4, 0.5) is 0 Å². The first-order valence-electron chi connectivity index (χ1n) is 5.05. The first-order chi connectivity index (χ1) is 8.68. The Kier molecular flexibility index (Phi) is 9.10. The number of hydrogen-bond acceptors (Lipinski definition) is 1. The van der Waals surface area contributed by atoms with Crippen molar-refractivity contribution in [1.29, 1.82) is 0 Å². The molecule has 0 aliphatic heterocycles. The normalized spacial score (nSPS) is 9.50. The van der Waals surface area contributed by atoms with E-state index in [1.54, 1.807) is 6.92 Å². The summed E-state index contributed by atoms with van der Waals surface area (Å²) >= 11 is 0. The van der Waals surface area contributed by atoms with Crippen molar-refractivity contribution >= 4 is 0 Å². The molecule has 0 aliphatic rings. The van der Waals surface area contributed by atoms with Gasteiger partial charge in [0.1, 0.15) is 12.1 Å². The van der Waals surface area contributed by atoms with Crippen LogP contribution in [0.15, 0.2) is 75.7 Å². The van der Waals surface area contributed by atoms with Gasteiger partial charge in [0.05, 0.1) is 0 Å². The van der Waals surface area contributed by atoms with Crippen LogP contribution in [0.25, 0.3) is 0 Å². The van der Waals surface area contributed by atoms with E-state index >= 15 is 0 Å². The predicted molar refractivity (Wildman–Crippen MR) is 67.2 cm³/mol. The molecule has 0 unspecified atom stereocenters. The van der Waals surface area contributed by atoms with E-state index in [0.29, 0.717) is 0 Å². The molecule has 2 atom stereocenters. The Morgan fingerprint density at radius 2 is 1.39 bits per heavy atom.